The first-order valence-electron chi connectivity index (χ1n) is 7.05. The molecule has 0 aromatic heterocycles. The summed E-state index contributed by atoms with van der Waals surface area (Å²) >= 11 is 3.43. The Morgan fingerprint density at radius 3 is 2.79 bits per heavy atom. The molecule has 0 radical (unpaired) electrons. The zero-order valence-corrected chi connectivity index (χ0v) is 13.3. The van der Waals surface area contributed by atoms with Gasteiger partial charge in [-0.05, 0) is 37.6 Å². The molecule has 19 heavy (non-hydrogen) atoms. The molecule has 1 fully saturated rings. The first-order chi connectivity index (χ1) is 9.19. The van der Waals surface area contributed by atoms with E-state index in [9.17, 15) is 0 Å². The molecule has 1 aromatic rings. The molecule has 1 aromatic carbocycles. The van der Waals surface area contributed by atoms with Crippen molar-refractivity contribution >= 4 is 15.9 Å². The van der Waals surface area contributed by atoms with Crippen molar-refractivity contribution in [2.24, 2.45) is 0 Å². The van der Waals surface area contributed by atoms with Crippen molar-refractivity contribution in [3.63, 3.8) is 0 Å². The van der Waals surface area contributed by atoms with Crippen molar-refractivity contribution in [3.8, 4) is 5.75 Å². The number of benzene rings is 1. The number of nitrogens with zero attached hydrogens (tertiary/aromatic N) is 1. The molecule has 1 saturated heterocycles. The molecule has 0 bridgehead atoms. The lowest BCUT2D eigenvalue weighted by atomic mass is 10.1. The van der Waals surface area contributed by atoms with Gasteiger partial charge in [0.25, 0.3) is 0 Å². The van der Waals surface area contributed by atoms with Gasteiger partial charge in [0.05, 0.1) is 0 Å². The second-order valence-electron chi connectivity index (χ2n) is 5.16. The van der Waals surface area contributed by atoms with E-state index in [-0.39, 0.29) is 0 Å². The Hall–Kier alpha value is -0.580. The van der Waals surface area contributed by atoms with Crippen molar-refractivity contribution in [1.29, 1.82) is 0 Å². The van der Waals surface area contributed by atoms with E-state index in [1.807, 2.05) is 24.3 Å². The largest absolute Gasteiger partial charge is 0.492 e. The molecule has 1 aliphatic rings. The molecular weight excluding hydrogens is 304 g/mol. The zero-order valence-electron chi connectivity index (χ0n) is 11.7. The van der Waals surface area contributed by atoms with E-state index in [2.05, 4.69) is 40.0 Å². The first-order valence-corrected chi connectivity index (χ1v) is 7.84. The van der Waals surface area contributed by atoms with Crippen molar-refractivity contribution < 1.29 is 4.74 Å². The molecule has 1 heterocycles. The van der Waals surface area contributed by atoms with Crippen molar-refractivity contribution in [1.82, 2.24) is 10.2 Å². The van der Waals surface area contributed by atoms with Crippen LogP contribution in [0.4, 0.5) is 0 Å². The van der Waals surface area contributed by atoms with E-state index < -0.39 is 0 Å². The van der Waals surface area contributed by atoms with Crippen molar-refractivity contribution in [2.75, 3.05) is 26.2 Å². The summed E-state index contributed by atoms with van der Waals surface area (Å²) in [5.74, 6) is 0.943. The zero-order chi connectivity index (χ0) is 13.7. The average Bonchev–Trinajstić information content (AvgIpc) is 2.43. The molecule has 0 amide bonds. The monoisotopic (exact) mass is 326 g/mol. The van der Waals surface area contributed by atoms with Crippen LogP contribution in [0.5, 0.6) is 5.75 Å². The standard InChI is InChI=1S/C15H23BrN2O/c1-3-14-11-18(12(2)10-17-14)8-9-19-15-6-4-13(16)5-7-15/h4-7,12,14,17H,3,8-11H2,1-2H3. The summed E-state index contributed by atoms with van der Waals surface area (Å²) in [6.07, 6.45) is 1.19. The van der Waals surface area contributed by atoms with Gasteiger partial charge in [0.15, 0.2) is 0 Å². The van der Waals surface area contributed by atoms with Crippen LogP contribution in [-0.2, 0) is 0 Å². The summed E-state index contributed by atoms with van der Waals surface area (Å²) in [5.41, 5.74) is 0. The lowest BCUT2D eigenvalue weighted by Crippen LogP contribution is -2.55. The fraction of sp³-hybridized carbons (Fsp3) is 0.600. The number of hydrogen-bond donors (Lipinski definition) is 1. The van der Waals surface area contributed by atoms with Crippen molar-refractivity contribution in [3.05, 3.63) is 28.7 Å². The fourth-order valence-electron chi connectivity index (χ4n) is 2.39. The molecule has 2 rings (SSSR count). The van der Waals surface area contributed by atoms with Gasteiger partial charge >= 0.3 is 0 Å². The Bertz CT molecular complexity index is 382. The number of piperazine rings is 1. The predicted molar refractivity (Wildman–Crippen MR) is 82.8 cm³/mol. The molecule has 0 aliphatic carbocycles. The van der Waals surface area contributed by atoms with Gasteiger partial charge in [0, 0.05) is 36.2 Å². The summed E-state index contributed by atoms with van der Waals surface area (Å²) in [4.78, 5) is 2.52. The molecule has 1 aliphatic heterocycles. The second-order valence-corrected chi connectivity index (χ2v) is 6.08. The van der Waals surface area contributed by atoms with Gasteiger partial charge in [-0.15, -0.1) is 0 Å². The molecule has 4 heteroatoms. The maximum Gasteiger partial charge on any atom is 0.119 e. The maximum atomic E-state index is 5.80. The predicted octanol–water partition coefficient (Wildman–Crippen LogP) is 2.90. The highest BCUT2D eigenvalue weighted by Gasteiger charge is 2.23. The molecule has 2 unspecified atom stereocenters. The molecule has 2 atom stereocenters. The lowest BCUT2D eigenvalue weighted by Gasteiger charge is -2.38. The third-order valence-electron chi connectivity index (χ3n) is 3.73. The van der Waals surface area contributed by atoms with Gasteiger partial charge in [0.1, 0.15) is 12.4 Å². The molecule has 0 saturated carbocycles. The van der Waals surface area contributed by atoms with Gasteiger partial charge < -0.3 is 10.1 Å². The van der Waals surface area contributed by atoms with E-state index in [0.29, 0.717) is 12.1 Å². The second kappa shape index (κ2) is 7.27. The fourth-order valence-corrected chi connectivity index (χ4v) is 2.65. The summed E-state index contributed by atoms with van der Waals surface area (Å²) in [6.45, 7) is 8.47. The van der Waals surface area contributed by atoms with E-state index in [4.69, 9.17) is 4.74 Å². The minimum Gasteiger partial charge on any atom is -0.492 e. The Labute approximate surface area is 124 Å². The van der Waals surface area contributed by atoms with Crippen LogP contribution in [0.3, 0.4) is 0 Å². The van der Waals surface area contributed by atoms with Gasteiger partial charge in [-0.25, -0.2) is 0 Å². The summed E-state index contributed by atoms with van der Waals surface area (Å²) in [6, 6.07) is 9.24. The number of nitrogens with one attached hydrogen (secondary N) is 1. The highest BCUT2D eigenvalue weighted by molar-refractivity contribution is 9.10. The van der Waals surface area contributed by atoms with Crippen LogP contribution < -0.4 is 10.1 Å². The Kier molecular flexibility index (Phi) is 5.67. The molecular formula is C15H23BrN2O. The average molecular weight is 327 g/mol. The van der Waals surface area contributed by atoms with Gasteiger partial charge in [-0.2, -0.15) is 0 Å². The highest BCUT2D eigenvalue weighted by atomic mass is 79.9. The van der Waals surface area contributed by atoms with Crippen LogP contribution in [0.1, 0.15) is 20.3 Å². The van der Waals surface area contributed by atoms with Gasteiger partial charge in [0.2, 0.25) is 0 Å². The SMILES string of the molecule is CCC1CN(CCOc2ccc(Br)cc2)C(C)CN1. The van der Waals surface area contributed by atoms with E-state index in [0.717, 1.165) is 36.5 Å². The van der Waals surface area contributed by atoms with Gasteiger partial charge in [-0.3, -0.25) is 4.90 Å². The Morgan fingerprint density at radius 1 is 1.37 bits per heavy atom. The van der Waals surface area contributed by atoms with Crippen LogP contribution in [0.25, 0.3) is 0 Å². The Morgan fingerprint density at radius 2 is 2.11 bits per heavy atom. The van der Waals surface area contributed by atoms with Crippen LogP contribution in [0, 0.1) is 0 Å². The number of rotatable bonds is 5. The molecule has 0 spiro atoms. The normalized spacial score (nSPS) is 24.4. The van der Waals surface area contributed by atoms with Crippen LogP contribution >= 0.6 is 15.9 Å². The van der Waals surface area contributed by atoms with Crippen LogP contribution in [0.2, 0.25) is 0 Å². The Balaban J connectivity index is 1.76. The summed E-state index contributed by atoms with van der Waals surface area (Å²) in [5, 5.41) is 3.58. The third-order valence-corrected chi connectivity index (χ3v) is 4.26. The van der Waals surface area contributed by atoms with E-state index in [1.54, 1.807) is 0 Å². The summed E-state index contributed by atoms with van der Waals surface area (Å²) < 4.78 is 6.88. The highest BCUT2D eigenvalue weighted by Crippen LogP contribution is 2.16. The minimum absolute atomic E-state index is 0.594. The quantitative estimate of drug-likeness (QED) is 0.900. The number of halogens is 1. The third kappa shape index (κ3) is 4.48. The van der Waals surface area contributed by atoms with E-state index in [1.165, 1.54) is 6.42 Å². The number of ether oxygens (including phenoxy) is 1. The van der Waals surface area contributed by atoms with E-state index >= 15 is 0 Å². The topological polar surface area (TPSA) is 24.5 Å². The summed E-state index contributed by atoms with van der Waals surface area (Å²) in [7, 11) is 0. The number of hydrogen-bond acceptors (Lipinski definition) is 3. The molecule has 1 N–H and O–H groups in total. The molecule has 3 nitrogen and oxygen atoms in total. The molecule has 106 valence electrons. The van der Waals surface area contributed by atoms with Crippen LogP contribution in [0.15, 0.2) is 28.7 Å². The lowest BCUT2D eigenvalue weighted by molar-refractivity contribution is 0.117. The smallest absolute Gasteiger partial charge is 0.119 e. The van der Waals surface area contributed by atoms with Crippen LogP contribution in [-0.4, -0.2) is 43.2 Å². The minimum atomic E-state index is 0.594. The van der Waals surface area contributed by atoms with Gasteiger partial charge in [-0.1, -0.05) is 22.9 Å². The maximum absolute atomic E-state index is 5.80. The van der Waals surface area contributed by atoms with Crippen molar-refractivity contribution in [2.45, 2.75) is 32.4 Å². The first kappa shape index (κ1) is 14.8.